The van der Waals surface area contributed by atoms with Crippen molar-refractivity contribution >= 4 is 15.9 Å². The normalized spacial score (nSPS) is 18.0. The molecule has 9 nitrogen and oxygen atoms in total. The van der Waals surface area contributed by atoms with E-state index in [1.54, 1.807) is 29.4 Å². The average Bonchev–Trinajstić information content (AvgIpc) is 3.06. The largest absolute Gasteiger partial charge is 0.490 e. The molecule has 2 aliphatic heterocycles. The highest BCUT2D eigenvalue weighted by molar-refractivity contribution is 7.91. The van der Waals surface area contributed by atoms with Crippen molar-refractivity contribution in [3.63, 3.8) is 0 Å². The zero-order valence-electron chi connectivity index (χ0n) is 18.4. The smallest absolute Gasteiger partial charge is 0.410 e. The molecule has 0 aliphatic carbocycles. The Morgan fingerprint density at radius 2 is 1.88 bits per heavy atom. The van der Waals surface area contributed by atoms with E-state index in [1.807, 2.05) is 20.8 Å². The molecule has 0 radical (unpaired) electrons. The Labute approximate surface area is 187 Å². The summed E-state index contributed by atoms with van der Waals surface area (Å²) in [7, 11) is -3.36. The molecule has 2 aliphatic rings. The Morgan fingerprint density at radius 3 is 2.53 bits per heavy atom. The predicted octanol–water partition coefficient (Wildman–Crippen LogP) is 3.29. The van der Waals surface area contributed by atoms with E-state index in [4.69, 9.17) is 14.2 Å². The fourth-order valence-corrected chi connectivity index (χ4v) is 4.69. The van der Waals surface area contributed by atoms with E-state index < -0.39 is 15.4 Å². The zero-order valence-corrected chi connectivity index (χ0v) is 19.2. The summed E-state index contributed by atoms with van der Waals surface area (Å²) in [5.74, 6) is 1.34. The minimum absolute atomic E-state index is 0.193. The van der Waals surface area contributed by atoms with Gasteiger partial charge in [-0.3, -0.25) is 0 Å². The molecule has 2 aromatic rings. The zero-order chi connectivity index (χ0) is 22.9. The highest BCUT2D eigenvalue weighted by Crippen LogP contribution is 2.34. The molecule has 0 N–H and O–H groups in total. The van der Waals surface area contributed by atoms with Crippen LogP contribution >= 0.6 is 0 Å². The summed E-state index contributed by atoms with van der Waals surface area (Å²) < 4.78 is 40.2. The van der Waals surface area contributed by atoms with Gasteiger partial charge in [-0.25, -0.2) is 23.2 Å². The van der Waals surface area contributed by atoms with Gasteiger partial charge >= 0.3 is 6.09 Å². The van der Waals surface area contributed by atoms with Crippen molar-refractivity contribution in [1.29, 1.82) is 0 Å². The highest BCUT2D eigenvalue weighted by atomic mass is 32.2. The maximum atomic E-state index is 12.2. The fraction of sp³-hybridized carbons (Fsp3) is 0.500. The maximum absolute atomic E-state index is 12.2. The minimum atomic E-state index is -3.36. The van der Waals surface area contributed by atoms with Gasteiger partial charge in [-0.1, -0.05) is 0 Å². The van der Waals surface area contributed by atoms with Gasteiger partial charge in [-0.05, 0) is 57.7 Å². The van der Waals surface area contributed by atoms with E-state index in [9.17, 15) is 13.2 Å². The summed E-state index contributed by atoms with van der Waals surface area (Å²) in [5, 5.41) is 0. The molecule has 1 saturated heterocycles. The van der Waals surface area contributed by atoms with Crippen LogP contribution in [0.4, 0.5) is 4.79 Å². The lowest BCUT2D eigenvalue weighted by Crippen LogP contribution is -2.42. The number of rotatable bonds is 4. The van der Waals surface area contributed by atoms with E-state index in [2.05, 4.69) is 9.97 Å². The van der Waals surface area contributed by atoms with Crippen LogP contribution in [0, 0.1) is 5.92 Å². The molecule has 0 bridgehead atoms. The SMILES string of the molecule is CC(C)(C)OC(=O)N1CCC(COc2cnc(-c3ccc4c(c3)OCS4(=O)=O)nc2)CC1. The van der Waals surface area contributed by atoms with Gasteiger partial charge in [0, 0.05) is 18.7 Å². The summed E-state index contributed by atoms with van der Waals surface area (Å²) in [6.45, 7) is 7.41. The molecule has 1 aromatic heterocycles. The van der Waals surface area contributed by atoms with Gasteiger partial charge in [0.1, 0.15) is 16.2 Å². The Hall–Kier alpha value is -2.88. The lowest BCUT2D eigenvalue weighted by molar-refractivity contribution is 0.0165. The number of hydrogen-bond donors (Lipinski definition) is 0. The quantitative estimate of drug-likeness (QED) is 0.683. The maximum Gasteiger partial charge on any atom is 0.410 e. The van der Waals surface area contributed by atoms with Crippen molar-refractivity contribution in [2.24, 2.45) is 5.92 Å². The second-order valence-corrected chi connectivity index (χ2v) is 10.9. The number of amides is 1. The van der Waals surface area contributed by atoms with E-state index in [0.717, 1.165) is 12.8 Å². The summed E-state index contributed by atoms with van der Waals surface area (Å²) in [4.78, 5) is 22.8. The number of sulfone groups is 1. The number of hydrogen-bond acceptors (Lipinski definition) is 8. The molecule has 10 heteroatoms. The molecule has 0 unspecified atom stereocenters. The highest BCUT2D eigenvalue weighted by Gasteiger charge is 2.29. The monoisotopic (exact) mass is 461 g/mol. The van der Waals surface area contributed by atoms with Gasteiger partial charge in [-0.15, -0.1) is 0 Å². The molecule has 0 spiro atoms. The molecule has 3 heterocycles. The van der Waals surface area contributed by atoms with Crippen LogP contribution in [0.15, 0.2) is 35.5 Å². The molecule has 32 heavy (non-hydrogen) atoms. The number of piperidine rings is 1. The van der Waals surface area contributed by atoms with Gasteiger partial charge in [0.15, 0.2) is 17.5 Å². The van der Waals surface area contributed by atoms with Crippen LogP contribution in [0.2, 0.25) is 0 Å². The van der Waals surface area contributed by atoms with Crippen LogP contribution in [0.25, 0.3) is 11.4 Å². The molecular weight excluding hydrogens is 434 g/mol. The number of aromatic nitrogens is 2. The average molecular weight is 462 g/mol. The summed E-state index contributed by atoms with van der Waals surface area (Å²) in [5.41, 5.74) is 0.176. The number of carbonyl (C=O) groups excluding carboxylic acids is 1. The molecule has 0 atom stereocenters. The van der Waals surface area contributed by atoms with Crippen molar-refractivity contribution in [2.45, 2.75) is 44.1 Å². The van der Waals surface area contributed by atoms with Gasteiger partial charge in [0.2, 0.25) is 9.84 Å². The molecule has 4 rings (SSSR count). The van der Waals surface area contributed by atoms with E-state index in [1.165, 1.54) is 6.07 Å². The lowest BCUT2D eigenvalue weighted by Gasteiger charge is -2.33. The first-order valence-electron chi connectivity index (χ1n) is 10.5. The number of ether oxygens (including phenoxy) is 3. The Kier molecular flexibility index (Phi) is 5.98. The molecule has 172 valence electrons. The molecule has 1 aromatic carbocycles. The second kappa shape index (κ2) is 8.57. The van der Waals surface area contributed by atoms with Crippen LogP contribution in [0.1, 0.15) is 33.6 Å². The summed E-state index contributed by atoms with van der Waals surface area (Å²) in [6, 6.07) is 4.82. The van der Waals surface area contributed by atoms with Crippen LogP contribution in [0.5, 0.6) is 11.5 Å². The van der Waals surface area contributed by atoms with E-state index in [-0.39, 0.29) is 16.9 Å². The standard InChI is InChI=1S/C22H27N3O6S/c1-22(2,3)31-21(26)25-8-6-15(7-9-25)13-29-17-11-23-20(24-12-17)16-4-5-19-18(10-16)30-14-32(19,27)28/h4-5,10-12,15H,6-9,13-14H2,1-3H3. The number of likely N-dealkylation sites (tertiary alicyclic amines) is 1. The summed E-state index contributed by atoms with van der Waals surface area (Å²) >= 11 is 0. The third-order valence-corrected chi connectivity index (χ3v) is 6.72. The van der Waals surface area contributed by atoms with Gasteiger partial charge in [0.05, 0.1) is 19.0 Å². The van der Waals surface area contributed by atoms with E-state index in [0.29, 0.717) is 48.5 Å². The van der Waals surface area contributed by atoms with Gasteiger partial charge < -0.3 is 19.1 Å². The van der Waals surface area contributed by atoms with Crippen molar-refractivity contribution < 1.29 is 27.4 Å². The fourth-order valence-electron chi connectivity index (χ4n) is 3.58. The first kappa shape index (κ1) is 22.3. The van der Waals surface area contributed by atoms with Crippen molar-refractivity contribution in [3.05, 3.63) is 30.6 Å². The third-order valence-electron chi connectivity index (χ3n) is 5.29. The Balaban J connectivity index is 1.29. The van der Waals surface area contributed by atoms with Gasteiger partial charge in [-0.2, -0.15) is 0 Å². The molecule has 1 amide bonds. The number of benzene rings is 1. The molecular formula is C22H27N3O6S. The number of nitrogens with zero attached hydrogens (tertiary/aromatic N) is 3. The van der Waals surface area contributed by atoms with Crippen LogP contribution in [-0.2, 0) is 14.6 Å². The second-order valence-electron chi connectivity index (χ2n) is 9.00. The summed E-state index contributed by atoms with van der Waals surface area (Å²) in [6.07, 6.45) is 4.62. The van der Waals surface area contributed by atoms with Crippen molar-refractivity contribution in [2.75, 3.05) is 25.6 Å². The predicted molar refractivity (Wildman–Crippen MR) is 116 cm³/mol. The lowest BCUT2D eigenvalue weighted by atomic mass is 9.98. The van der Waals surface area contributed by atoms with E-state index >= 15 is 0 Å². The van der Waals surface area contributed by atoms with Gasteiger partial charge in [0.25, 0.3) is 0 Å². The first-order valence-corrected chi connectivity index (χ1v) is 12.2. The minimum Gasteiger partial charge on any atom is -0.490 e. The Bertz CT molecular complexity index is 1090. The topological polar surface area (TPSA) is 108 Å². The molecule has 1 fully saturated rings. The molecule has 0 saturated carbocycles. The number of fused-ring (bicyclic) bond motifs is 1. The van der Waals surface area contributed by atoms with Crippen LogP contribution in [0.3, 0.4) is 0 Å². The Morgan fingerprint density at radius 1 is 1.19 bits per heavy atom. The first-order chi connectivity index (χ1) is 15.1. The number of carbonyl (C=O) groups is 1. The van der Waals surface area contributed by atoms with Crippen LogP contribution < -0.4 is 9.47 Å². The van der Waals surface area contributed by atoms with Crippen molar-refractivity contribution in [1.82, 2.24) is 14.9 Å². The third kappa shape index (κ3) is 5.12. The van der Waals surface area contributed by atoms with Crippen LogP contribution in [-0.4, -0.2) is 60.6 Å². The van der Waals surface area contributed by atoms with Crippen molar-refractivity contribution in [3.8, 4) is 22.9 Å².